The fourth-order valence-electron chi connectivity index (χ4n) is 4.18. The monoisotopic (exact) mass is 455 g/mol. The van der Waals surface area contributed by atoms with Crippen molar-refractivity contribution in [3.05, 3.63) is 107 Å². The van der Waals surface area contributed by atoms with Crippen molar-refractivity contribution in [2.75, 3.05) is 5.73 Å². The van der Waals surface area contributed by atoms with Crippen LogP contribution in [0.3, 0.4) is 0 Å². The Hall–Kier alpha value is -4.97. The summed E-state index contributed by atoms with van der Waals surface area (Å²) >= 11 is 0. The minimum Gasteiger partial charge on any atom is -0.396 e. The Morgan fingerprint density at radius 2 is 1.29 bits per heavy atom. The Morgan fingerprint density at radius 3 is 1.91 bits per heavy atom. The van der Waals surface area contributed by atoms with Crippen molar-refractivity contribution in [1.82, 2.24) is 19.9 Å². The van der Waals surface area contributed by atoms with Crippen LogP contribution in [0.1, 0.15) is 38.7 Å². The van der Waals surface area contributed by atoms with Gasteiger partial charge in [-0.3, -0.25) is 4.79 Å². The Balaban J connectivity index is 1.58. The lowest BCUT2D eigenvalue weighted by Crippen LogP contribution is -1.98. The van der Waals surface area contributed by atoms with Crippen molar-refractivity contribution in [2.45, 2.75) is 0 Å². The number of carbonyl (C=O) groups is 1. The van der Waals surface area contributed by atoms with E-state index < -0.39 is 0 Å². The molecule has 0 unspecified atom stereocenters. The van der Waals surface area contributed by atoms with E-state index in [2.05, 4.69) is 19.9 Å². The molecule has 1 aromatic carbocycles. The molecule has 0 aliphatic carbocycles. The predicted molar refractivity (Wildman–Crippen MR) is 143 cm³/mol. The van der Waals surface area contributed by atoms with E-state index in [1.54, 1.807) is 12.2 Å². The Kier molecular flexibility index (Phi) is 4.96. The summed E-state index contributed by atoms with van der Waals surface area (Å²) in [5, 5.41) is 0. The second-order valence-corrected chi connectivity index (χ2v) is 8.39. The zero-order valence-corrected chi connectivity index (χ0v) is 18.7. The van der Waals surface area contributed by atoms with E-state index in [4.69, 9.17) is 5.73 Å². The molecule has 2 aliphatic heterocycles. The molecule has 0 radical (unpaired) electrons. The van der Waals surface area contributed by atoms with Crippen LogP contribution in [-0.4, -0.2) is 25.7 Å². The number of nitrogens with zero attached hydrogens (tertiary/aromatic N) is 2. The van der Waals surface area contributed by atoms with E-state index >= 15 is 0 Å². The van der Waals surface area contributed by atoms with Crippen LogP contribution in [0.4, 0.5) is 5.69 Å². The van der Waals surface area contributed by atoms with Gasteiger partial charge in [-0.25, -0.2) is 9.97 Å². The lowest BCUT2D eigenvalue weighted by Gasteiger charge is -1.96. The summed E-state index contributed by atoms with van der Waals surface area (Å²) < 4.78 is 0. The van der Waals surface area contributed by atoms with E-state index in [0.717, 1.165) is 39.4 Å². The van der Waals surface area contributed by atoms with Crippen LogP contribution in [0.25, 0.3) is 52.4 Å². The number of allylic oxidation sites excluding steroid dienone is 1. The number of hydrogen-bond acceptors (Lipinski definition) is 4. The molecule has 0 fully saturated rings. The molecule has 3 aromatic heterocycles. The van der Waals surface area contributed by atoms with Crippen LogP contribution in [0.2, 0.25) is 0 Å². The summed E-state index contributed by atoms with van der Waals surface area (Å²) in [4.78, 5) is 29.3. The first-order valence-corrected chi connectivity index (χ1v) is 11.3. The number of nitrogen functional groups attached to an aromatic ring is 1. The first-order valence-electron chi connectivity index (χ1n) is 11.3. The number of fused-ring (bicyclic) bond motifs is 8. The molecule has 4 N–H and O–H groups in total. The number of anilines is 1. The topological polar surface area (TPSA) is 100 Å². The Labute approximate surface area is 201 Å². The molecule has 0 saturated carbocycles. The fraction of sp³-hybridized carbons (Fsp3) is 0. The molecule has 35 heavy (non-hydrogen) atoms. The lowest BCUT2D eigenvalue weighted by atomic mass is 10.1. The molecule has 6 heteroatoms. The van der Waals surface area contributed by atoms with Crippen molar-refractivity contribution >= 4 is 63.9 Å². The fourth-order valence-corrected chi connectivity index (χ4v) is 4.18. The third-order valence-electron chi connectivity index (χ3n) is 5.86. The molecule has 4 aromatic rings. The van der Waals surface area contributed by atoms with Crippen LogP contribution in [0.5, 0.6) is 0 Å². The largest absolute Gasteiger partial charge is 0.396 e. The zero-order valence-electron chi connectivity index (χ0n) is 18.7. The third kappa shape index (κ3) is 4.20. The first-order chi connectivity index (χ1) is 17.1. The normalized spacial score (nSPS) is 12.5. The number of carbonyl (C=O) groups excluding carboxylic acids is 1. The number of H-pyrrole nitrogens is 2. The van der Waals surface area contributed by atoms with Gasteiger partial charge in [0.15, 0.2) is 5.78 Å². The molecule has 0 saturated heterocycles. The number of hydrogen-bond donors (Lipinski definition) is 3. The minimum atomic E-state index is -0.187. The molecule has 6 rings (SSSR count). The number of aromatic amines is 2. The maximum atomic E-state index is 13.3. The van der Waals surface area contributed by atoms with Crippen LogP contribution in [0, 0.1) is 0 Å². The van der Waals surface area contributed by atoms with Gasteiger partial charge in [-0.05, 0) is 72.3 Å². The van der Waals surface area contributed by atoms with Gasteiger partial charge < -0.3 is 15.7 Å². The number of nitrogens with one attached hydrogen (secondary N) is 2. The average Bonchev–Trinajstić information content (AvgIpc) is 3.64. The van der Waals surface area contributed by atoms with Crippen molar-refractivity contribution in [2.24, 2.45) is 0 Å². The predicted octanol–water partition coefficient (Wildman–Crippen LogP) is 6.13. The van der Waals surface area contributed by atoms with E-state index in [0.29, 0.717) is 22.3 Å². The Morgan fingerprint density at radius 1 is 0.714 bits per heavy atom. The molecule has 0 atom stereocenters. The third-order valence-corrected chi connectivity index (χ3v) is 5.86. The molecule has 5 heterocycles. The maximum absolute atomic E-state index is 13.3. The highest BCUT2D eigenvalue weighted by Crippen LogP contribution is 2.27. The SMILES string of the molecule is Nc1c(C(=O)C=Cc2ccccc2)c2cc3nc(cc4ccc(cc5nc(cc1[nH]2)C=C5)[nH]4)C=C3. The molecule has 0 amide bonds. The van der Waals surface area contributed by atoms with Crippen molar-refractivity contribution in [1.29, 1.82) is 0 Å². The van der Waals surface area contributed by atoms with Crippen molar-refractivity contribution < 1.29 is 4.79 Å². The van der Waals surface area contributed by atoms with Gasteiger partial charge in [0.25, 0.3) is 0 Å². The molecule has 0 spiro atoms. The first kappa shape index (κ1) is 20.6. The summed E-state index contributed by atoms with van der Waals surface area (Å²) in [6.07, 6.45) is 11.1. The van der Waals surface area contributed by atoms with Crippen LogP contribution < -0.4 is 5.73 Å². The Bertz CT molecular complexity index is 1720. The zero-order chi connectivity index (χ0) is 23.8. The van der Waals surface area contributed by atoms with Gasteiger partial charge in [0, 0.05) is 11.0 Å². The number of aromatic nitrogens is 4. The van der Waals surface area contributed by atoms with Gasteiger partial charge in [-0.15, -0.1) is 0 Å². The number of benzene rings is 1. The maximum Gasteiger partial charge on any atom is 0.190 e. The van der Waals surface area contributed by atoms with Crippen LogP contribution >= 0.6 is 0 Å². The van der Waals surface area contributed by atoms with Gasteiger partial charge in [-0.1, -0.05) is 36.4 Å². The molecule has 168 valence electrons. The summed E-state index contributed by atoms with van der Waals surface area (Å²) in [6, 6.07) is 21.3. The average molecular weight is 456 g/mol. The number of nitrogens with two attached hydrogens (primary N) is 1. The number of rotatable bonds is 3. The highest BCUT2D eigenvalue weighted by molar-refractivity contribution is 6.17. The van der Waals surface area contributed by atoms with E-state index in [1.165, 1.54) is 0 Å². The van der Waals surface area contributed by atoms with E-state index in [-0.39, 0.29) is 5.78 Å². The van der Waals surface area contributed by atoms with Crippen molar-refractivity contribution in [3.8, 4) is 0 Å². The minimum absolute atomic E-state index is 0.187. The number of ketones is 1. The highest BCUT2D eigenvalue weighted by Gasteiger charge is 2.15. The van der Waals surface area contributed by atoms with E-state index in [9.17, 15) is 4.79 Å². The quantitative estimate of drug-likeness (QED) is 0.221. The van der Waals surface area contributed by atoms with E-state index in [1.807, 2.05) is 91.0 Å². The molecule has 6 nitrogen and oxygen atoms in total. The van der Waals surface area contributed by atoms with Gasteiger partial charge in [-0.2, -0.15) is 0 Å². The van der Waals surface area contributed by atoms with Gasteiger partial charge in [0.05, 0.1) is 45.1 Å². The summed E-state index contributed by atoms with van der Waals surface area (Å²) in [5.74, 6) is -0.187. The summed E-state index contributed by atoms with van der Waals surface area (Å²) in [6.45, 7) is 0. The summed E-state index contributed by atoms with van der Waals surface area (Å²) in [7, 11) is 0. The highest BCUT2D eigenvalue weighted by atomic mass is 16.1. The van der Waals surface area contributed by atoms with Gasteiger partial charge in [0.1, 0.15) is 0 Å². The smallest absolute Gasteiger partial charge is 0.190 e. The standard InChI is InChI=1S/C29H21N5O/c30-29-26-17-24-12-10-22(33-24)15-20-8-7-19(31-20)14-21-9-11-23(32-21)16-25(34-26)28(29)27(35)13-6-18-4-2-1-3-5-18/h1-17,31,34H,30H2. The molecular weight excluding hydrogens is 434 g/mol. The molecular formula is C29H21N5O. The van der Waals surface area contributed by atoms with Gasteiger partial charge >= 0.3 is 0 Å². The molecule has 2 aliphatic rings. The molecule has 8 bridgehead atoms. The lowest BCUT2D eigenvalue weighted by molar-refractivity contribution is 0.105. The van der Waals surface area contributed by atoms with Gasteiger partial charge in [0.2, 0.25) is 0 Å². The summed E-state index contributed by atoms with van der Waals surface area (Å²) in [5.41, 5.74) is 14.5. The van der Waals surface area contributed by atoms with Crippen LogP contribution in [0.15, 0.2) is 72.8 Å². The second kappa shape index (κ2) is 8.43. The second-order valence-electron chi connectivity index (χ2n) is 8.39. The van der Waals surface area contributed by atoms with Crippen molar-refractivity contribution in [3.63, 3.8) is 0 Å². The van der Waals surface area contributed by atoms with Crippen LogP contribution in [-0.2, 0) is 0 Å².